The predicted octanol–water partition coefficient (Wildman–Crippen LogP) is 3.44. The Kier molecular flexibility index (Phi) is 7.86. The molecule has 1 fully saturated rings. The van der Waals surface area contributed by atoms with Gasteiger partial charge in [0, 0.05) is 44.0 Å². The fourth-order valence-electron chi connectivity index (χ4n) is 3.91. The van der Waals surface area contributed by atoms with Gasteiger partial charge in [0.25, 0.3) is 0 Å². The van der Waals surface area contributed by atoms with Gasteiger partial charge in [-0.2, -0.15) is 16.7 Å². The molecule has 5 nitrogen and oxygen atoms in total. The molecule has 0 bridgehead atoms. The number of nitrogens with one attached hydrogen (secondary N) is 1. The Bertz CT molecular complexity index is 557. The number of rotatable bonds is 8. The van der Waals surface area contributed by atoms with E-state index in [1.54, 1.807) is 0 Å². The zero-order chi connectivity index (χ0) is 18.2. The lowest BCUT2D eigenvalue weighted by molar-refractivity contribution is 0.370. The third kappa shape index (κ3) is 5.49. The average molecular weight is 378 g/mol. The van der Waals surface area contributed by atoms with Gasteiger partial charge in [0.15, 0.2) is 0 Å². The summed E-state index contributed by atoms with van der Waals surface area (Å²) >= 11 is 1.90. The minimum Gasteiger partial charge on any atom is -0.356 e. The zero-order valence-corrected chi connectivity index (χ0v) is 17.4. The molecule has 146 valence electrons. The van der Waals surface area contributed by atoms with Crippen LogP contribution in [-0.4, -0.2) is 66.6 Å². The van der Waals surface area contributed by atoms with Gasteiger partial charge in [-0.05, 0) is 51.8 Å². The molecule has 1 saturated heterocycles. The number of hydrogen-bond donors (Lipinski definition) is 1. The molecule has 0 amide bonds. The number of nitrogens with zero attached hydrogens (tertiary/aromatic N) is 4. The fourth-order valence-corrected chi connectivity index (χ4v) is 4.41. The number of likely N-dealkylation sites (N-methyl/N-ethyl adjacent to an activating group) is 1. The van der Waals surface area contributed by atoms with E-state index in [9.17, 15) is 0 Å². The number of fused-ring (bicyclic) bond motifs is 1. The third-order valence-corrected chi connectivity index (χ3v) is 6.11. The van der Waals surface area contributed by atoms with E-state index < -0.39 is 0 Å². The van der Waals surface area contributed by atoms with E-state index in [4.69, 9.17) is 9.97 Å². The molecule has 1 N–H and O–H groups in total. The first-order valence-corrected chi connectivity index (χ1v) is 11.7. The van der Waals surface area contributed by atoms with Crippen LogP contribution in [-0.2, 0) is 12.8 Å². The van der Waals surface area contributed by atoms with Crippen molar-refractivity contribution in [3.8, 4) is 0 Å². The highest BCUT2D eigenvalue weighted by Crippen LogP contribution is 2.30. The average Bonchev–Trinajstić information content (AvgIpc) is 2.95. The van der Waals surface area contributed by atoms with E-state index in [1.807, 2.05) is 11.8 Å². The summed E-state index contributed by atoms with van der Waals surface area (Å²) in [5, 5.41) is 3.50. The van der Waals surface area contributed by atoms with E-state index in [-0.39, 0.29) is 0 Å². The Hall–Kier alpha value is -1.01. The van der Waals surface area contributed by atoms with Crippen LogP contribution in [0.2, 0.25) is 0 Å². The van der Waals surface area contributed by atoms with E-state index in [1.165, 1.54) is 61.4 Å². The first kappa shape index (κ1) is 19.7. The normalized spacial score (nSPS) is 17.9. The van der Waals surface area contributed by atoms with Crippen LogP contribution in [0.1, 0.15) is 49.8 Å². The fraction of sp³-hybridized carbons (Fsp3) is 0.800. The second kappa shape index (κ2) is 10.4. The van der Waals surface area contributed by atoms with Crippen LogP contribution in [0.3, 0.4) is 0 Å². The predicted molar refractivity (Wildman–Crippen MR) is 114 cm³/mol. The molecule has 26 heavy (non-hydrogen) atoms. The van der Waals surface area contributed by atoms with Crippen LogP contribution in [0, 0.1) is 0 Å². The smallest absolute Gasteiger partial charge is 0.224 e. The van der Waals surface area contributed by atoms with Crippen molar-refractivity contribution < 1.29 is 0 Å². The van der Waals surface area contributed by atoms with E-state index in [2.05, 4.69) is 28.4 Å². The number of hydrogen-bond acceptors (Lipinski definition) is 6. The summed E-state index contributed by atoms with van der Waals surface area (Å²) in [7, 11) is 2.19. The monoisotopic (exact) mass is 377 g/mol. The summed E-state index contributed by atoms with van der Waals surface area (Å²) in [6.07, 6.45) is 12.3. The van der Waals surface area contributed by atoms with Crippen molar-refractivity contribution in [1.29, 1.82) is 0 Å². The highest BCUT2D eigenvalue weighted by molar-refractivity contribution is 7.98. The lowest BCUT2D eigenvalue weighted by Crippen LogP contribution is -2.30. The van der Waals surface area contributed by atoms with Gasteiger partial charge in [0.05, 0.1) is 5.69 Å². The maximum absolute atomic E-state index is 4.99. The molecule has 2 aliphatic rings. The van der Waals surface area contributed by atoms with Crippen molar-refractivity contribution in [2.24, 2.45) is 0 Å². The summed E-state index contributed by atoms with van der Waals surface area (Å²) in [5.74, 6) is 3.25. The van der Waals surface area contributed by atoms with Gasteiger partial charge >= 0.3 is 0 Å². The molecule has 0 aromatic carbocycles. The molecule has 1 aliphatic heterocycles. The SMILES string of the molecule is CSCCN(C)CCNc1nc2c(c(N3CCCCCC3)n1)CCCC2. The second-order valence-corrected chi connectivity index (χ2v) is 8.61. The number of aromatic nitrogens is 2. The molecule has 0 atom stereocenters. The Morgan fingerprint density at radius 1 is 1.00 bits per heavy atom. The lowest BCUT2D eigenvalue weighted by atomic mass is 9.96. The van der Waals surface area contributed by atoms with Gasteiger partial charge in [0.1, 0.15) is 5.82 Å². The minimum absolute atomic E-state index is 0.836. The Morgan fingerprint density at radius 2 is 1.77 bits per heavy atom. The Labute approximate surface area is 163 Å². The summed E-state index contributed by atoms with van der Waals surface area (Å²) in [6.45, 7) is 5.37. The van der Waals surface area contributed by atoms with Crippen molar-refractivity contribution in [3.63, 3.8) is 0 Å². The van der Waals surface area contributed by atoms with Gasteiger partial charge < -0.3 is 15.1 Å². The van der Waals surface area contributed by atoms with E-state index >= 15 is 0 Å². The largest absolute Gasteiger partial charge is 0.356 e. The first-order chi connectivity index (χ1) is 12.8. The van der Waals surface area contributed by atoms with Gasteiger partial charge in [-0.15, -0.1) is 0 Å². The van der Waals surface area contributed by atoms with Gasteiger partial charge in [-0.3, -0.25) is 0 Å². The number of thioether (sulfide) groups is 1. The van der Waals surface area contributed by atoms with Crippen LogP contribution in [0.5, 0.6) is 0 Å². The summed E-state index contributed by atoms with van der Waals surface area (Å²) in [5.41, 5.74) is 2.73. The quantitative estimate of drug-likeness (QED) is 0.749. The second-order valence-electron chi connectivity index (χ2n) is 7.63. The maximum Gasteiger partial charge on any atom is 0.224 e. The molecular formula is C20H35N5S. The first-order valence-electron chi connectivity index (χ1n) is 10.3. The molecular weight excluding hydrogens is 342 g/mol. The van der Waals surface area contributed by atoms with E-state index in [0.717, 1.165) is 51.5 Å². The Morgan fingerprint density at radius 3 is 2.54 bits per heavy atom. The third-order valence-electron chi connectivity index (χ3n) is 5.52. The van der Waals surface area contributed by atoms with Crippen molar-refractivity contribution >= 4 is 23.5 Å². The van der Waals surface area contributed by atoms with Crippen molar-refractivity contribution in [2.45, 2.75) is 51.4 Å². The minimum atomic E-state index is 0.836. The van der Waals surface area contributed by atoms with Crippen molar-refractivity contribution in [2.75, 3.05) is 62.0 Å². The topological polar surface area (TPSA) is 44.3 Å². The highest BCUT2D eigenvalue weighted by Gasteiger charge is 2.22. The van der Waals surface area contributed by atoms with E-state index in [0.29, 0.717) is 0 Å². The number of anilines is 2. The summed E-state index contributed by atoms with van der Waals surface area (Å²) in [6, 6.07) is 0. The molecule has 3 rings (SSSR count). The molecule has 0 unspecified atom stereocenters. The van der Waals surface area contributed by atoms with Crippen LogP contribution in [0.15, 0.2) is 0 Å². The van der Waals surface area contributed by atoms with Crippen LogP contribution in [0.25, 0.3) is 0 Å². The number of aryl methyl sites for hydroxylation is 1. The van der Waals surface area contributed by atoms with Gasteiger partial charge in [0.2, 0.25) is 5.95 Å². The molecule has 6 heteroatoms. The summed E-state index contributed by atoms with van der Waals surface area (Å²) < 4.78 is 0. The molecule has 2 heterocycles. The maximum atomic E-state index is 4.99. The van der Waals surface area contributed by atoms with Crippen molar-refractivity contribution in [3.05, 3.63) is 11.3 Å². The molecule has 1 aliphatic carbocycles. The molecule has 0 saturated carbocycles. The van der Waals surface area contributed by atoms with Gasteiger partial charge in [-0.1, -0.05) is 12.8 Å². The van der Waals surface area contributed by atoms with Crippen LogP contribution >= 0.6 is 11.8 Å². The zero-order valence-electron chi connectivity index (χ0n) is 16.6. The highest BCUT2D eigenvalue weighted by atomic mass is 32.2. The standard InChI is InChI=1S/C20H35N5S/c1-24(15-16-26-2)14-11-21-20-22-18-10-6-5-9-17(18)19(23-20)25-12-7-3-4-8-13-25/h3-16H2,1-2H3,(H,21,22,23). The molecule has 0 spiro atoms. The molecule has 1 aromatic rings. The Balaban J connectivity index is 1.69. The molecule has 1 aromatic heterocycles. The molecule has 0 radical (unpaired) electrons. The van der Waals surface area contributed by atoms with Crippen LogP contribution in [0.4, 0.5) is 11.8 Å². The summed E-state index contributed by atoms with van der Waals surface area (Å²) in [4.78, 5) is 14.8. The van der Waals surface area contributed by atoms with Gasteiger partial charge in [-0.25, -0.2) is 4.98 Å². The van der Waals surface area contributed by atoms with Crippen molar-refractivity contribution in [1.82, 2.24) is 14.9 Å². The van der Waals surface area contributed by atoms with Crippen LogP contribution < -0.4 is 10.2 Å². The lowest BCUT2D eigenvalue weighted by Gasteiger charge is -2.28.